The molecule has 1 heterocycles. The molecule has 0 aromatic heterocycles. The predicted molar refractivity (Wildman–Crippen MR) is 68.6 cm³/mol. The Bertz CT molecular complexity index is 345. The van der Waals surface area contributed by atoms with Crippen LogP contribution in [0.25, 0.3) is 0 Å². The van der Waals surface area contributed by atoms with Gasteiger partial charge in [0, 0.05) is 23.0 Å². The quantitative estimate of drug-likeness (QED) is 0.828. The van der Waals surface area contributed by atoms with E-state index in [0.717, 1.165) is 31.5 Å². The summed E-state index contributed by atoms with van der Waals surface area (Å²) in [7, 11) is 0. The molecule has 0 spiro atoms. The van der Waals surface area contributed by atoms with E-state index in [1.807, 2.05) is 0 Å². The first-order valence-corrected chi connectivity index (χ1v) is 5.65. The number of piperidine rings is 1. The third-order valence-corrected chi connectivity index (χ3v) is 3.05. The first-order valence-electron chi connectivity index (χ1n) is 5.28. The first kappa shape index (κ1) is 13.5. The van der Waals surface area contributed by atoms with Crippen LogP contribution in [0.5, 0.6) is 0 Å². The summed E-state index contributed by atoms with van der Waals surface area (Å²) in [6, 6.07) is 7.15. The minimum absolute atomic E-state index is 0. The van der Waals surface area contributed by atoms with Crippen LogP contribution in [0.3, 0.4) is 0 Å². The lowest BCUT2D eigenvalue weighted by atomic mass is 9.91. The summed E-state index contributed by atoms with van der Waals surface area (Å²) in [5, 5.41) is 3.92. The van der Waals surface area contributed by atoms with Gasteiger partial charge in [0.05, 0.1) is 0 Å². The second-order valence-electron chi connectivity index (χ2n) is 3.91. The number of Topliss-reactive ketones (excluding diaryl/α,β-unsaturated/α-hetero) is 1. The summed E-state index contributed by atoms with van der Waals surface area (Å²) >= 11 is 5.78. The molecule has 2 rings (SSSR count). The van der Waals surface area contributed by atoms with Gasteiger partial charge >= 0.3 is 0 Å². The van der Waals surface area contributed by atoms with Crippen molar-refractivity contribution < 1.29 is 4.79 Å². The molecule has 1 aliphatic heterocycles. The number of nitrogens with one attached hydrogen (secondary N) is 1. The molecular formula is C12H15Cl2NO. The molecule has 0 saturated carbocycles. The summed E-state index contributed by atoms with van der Waals surface area (Å²) < 4.78 is 0. The van der Waals surface area contributed by atoms with Gasteiger partial charge in [0.2, 0.25) is 0 Å². The van der Waals surface area contributed by atoms with Gasteiger partial charge < -0.3 is 5.32 Å². The summed E-state index contributed by atoms with van der Waals surface area (Å²) in [5.74, 6) is 0.374. The summed E-state index contributed by atoms with van der Waals surface area (Å²) in [5.41, 5.74) is 0.771. The highest BCUT2D eigenvalue weighted by Gasteiger charge is 2.21. The maximum Gasteiger partial charge on any atom is 0.167 e. The van der Waals surface area contributed by atoms with E-state index in [1.54, 1.807) is 24.3 Å². The minimum atomic E-state index is 0. The number of ketones is 1. The molecule has 0 bridgehead atoms. The maximum atomic E-state index is 12.0. The molecule has 0 radical (unpaired) electrons. The fourth-order valence-electron chi connectivity index (χ4n) is 1.93. The zero-order chi connectivity index (χ0) is 10.7. The van der Waals surface area contributed by atoms with Gasteiger partial charge in [-0.25, -0.2) is 0 Å². The third kappa shape index (κ3) is 3.21. The van der Waals surface area contributed by atoms with Crippen LogP contribution in [0.1, 0.15) is 23.2 Å². The molecular weight excluding hydrogens is 245 g/mol. The molecule has 1 unspecified atom stereocenters. The van der Waals surface area contributed by atoms with E-state index in [9.17, 15) is 4.79 Å². The normalized spacial score (nSPS) is 19.9. The molecule has 1 fully saturated rings. The molecule has 1 saturated heterocycles. The molecule has 1 N–H and O–H groups in total. The zero-order valence-corrected chi connectivity index (χ0v) is 10.5. The van der Waals surface area contributed by atoms with E-state index >= 15 is 0 Å². The summed E-state index contributed by atoms with van der Waals surface area (Å²) in [4.78, 5) is 12.0. The Balaban J connectivity index is 0.00000128. The van der Waals surface area contributed by atoms with Crippen LogP contribution >= 0.6 is 24.0 Å². The number of hydrogen-bond donors (Lipinski definition) is 1. The lowest BCUT2D eigenvalue weighted by molar-refractivity contribution is 0.0899. The molecule has 16 heavy (non-hydrogen) atoms. The van der Waals surface area contributed by atoms with Gasteiger partial charge in [0.1, 0.15) is 0 Å². The van der Waals surface area contributed by atoms with Crippen molar-refractivity contribution in [3.63, 3.8) is 0 Å². The van der Waals surface area contributed by atoms with E-state index < -0.39 is 0 Å². The molecule has 1 aliphatic rings. The van der Waals surface area contributed by atoms with Crippen molar-refractivity contribution in [2.75, 3.05) is 13.1 Å². The molecule has 0 amide bonds. The minimum Gasteiger partial charge on any atom is -0.316 e. The maximum absolute atomic E-state index is 12.0. The lowest BCUT2D eigenvalue weighted by Crippen LogP contribution is -2.34. The smallest absolute Gasteiger partial charge is 0.167 e. The molecule has 4 heteroatoms. The van der Waals surface area contributed by atoms with Gasteiger partial charge in [-0.3, -0.25) is 4.79 Å². The SMILES string of the molecule is Cl.O=C(c1ccc(Cl)cc1)C1CCCNC1. The highest BCUT2D eigenvalue weighted by atomic mass is 35.5. The zero-order valence-electron chi connectivity index (χ0n) is 8.91. The van der Waals surface area contributed by atoms with Crippen LogP contribution < -0.4 is 5.32 Å². The molecule has 88 valence electrons. The van der Waals surface area contributed by atoms with Gasteiger partial charge in [-0.05, 0) is 43.7 Å². The van der Waals surface area contributed by atoms with E-state index in [2.05, 4.69) is 5.32 Å². The predicted octanol–water partition coefficient (Wildman–Crippen LogP) is 2.94. The number of halogens is 2. The van der Waals surface area contributed by atoms with Crippen molar-refractivity contribution in [2.24, 2.45) is 5.92 Å². The van der Waals surface area contributed by atoms with Crippen LogP contribution in [0, 0.1) is 5.92 Å². The van der Waals surface area contributed by atoms with E-state index in [4.69, 9.17) is 11.6 Å². The number of carbonyl (C=O) groups is 1. The van der Waals surface area contributed by atoms with Crippen molar-refractivity contribution in [1.29, 1.82) is 0 Å². The second-order valence-corrected chi connectivity index (χ2v) is 4.35. The van der Waals surface area contributed by atoms with Crippen molar-refractivity contribution in [3.8, 4) is 0 Å². The lowest BCUT2D eigenvalue weighted by Gasteiger charge is -2.21. The van der Waals surface area contributed by atoms with Crippen LogP contribution in [0.4, 0.5) is 0 Å². The third-order valence-electron chi connectivity index (χ3n) is 2.80. The molecule has 0 aliphatic carbocycles. The van der Waals surface area contributed by atoms with E-state index in [-0.39, 0.29) is 24.1 Å². The van der Waals surface area contributed by atoms with Gasteiger partial charge in [0.25, 0.3) is 0 Å². The van der Waals surface area contributed by atoms with Gasteiger partial charge in [-0.15, -0.1) is 12.4 Å². The van der Waals surface area contributed by atoms with Crippen molar-refractivity contribution >= 4 is 29.8 Å². The Labute approximate surface area is 107 Å². The fraction of sp³-hybridized carbons (Fsp3) is 0.417. The number of carbonyl (C=O) groups excluding carboxylic acids is 1. The second kappa shape index (κ2) is 6.24. The largest absolute Gasteiger partial charge is 0.316 e. The van der Waals surface area contributed by atoms with Gasteiger partial charge in [-0.1, -0.05) is 11.6 Å². The van der Waals surface area contributed by atoms with Crippen molar-refractivity contribution in [1.82, 2.24) is 5.32 Å². The summed E-state index contributed by atoms with van der Waals surface area (Å²) in [6.07, 6.45) is 2.08. The average Bonchev–Trinajstić information content (AvgIpc) is 2.30. The number of rotatable bonds is 2. The van der Waals surface area contributed by atoms with Crippen LogP contribution in [0.15, 0.2) is 24.3 Å². The highest BCUT2D eigenvalue weighted by molar-refractivity contribution is 6.30. The Hall–Kier alpha value is -0.570. The van der Waals surface area contributed by atoms with E-state index in [1.165, 1.54) is 0 Å². The van der Waals surface area contributed by atoms with Crippen molar-refractivity contribution in [2.45, 2.75) is 12.8 Å². The first-order chi connectivity index (χ1) is 7.27. The molecule has 1 atom stereocenters. The number of hydrogen-bond acceptors (Lipinski definition) is 2. The summed E-state index contributed by atoms with van der Waals surface area (Å²) in [6.45, 7) is 1.84. The Morgan fingerprint density at radius 3 is 2.56 bits per heavy atom. The van der Waals surface area contributed by atoms with Crippen molar-refractivity contribution in [3.05, 3.63) is 34.9 Å². The molecule has 1 aromatic carbocycles. The number of benzene rings is 1. The van der Waals surface area contributed by atoms with Crippen LogP contribution in [-0.4, -0.2) is 18.9 Å². The molecule has 2 nitrogen and oxygen atoms in total. The molecule has 1 aromatic rings. The monoisotopic (exact) mass is 259 g/mol. The highest BCUT2D eigenvalue weighted by Crippen LogP contribution is 2.18. The Kier molecular flexibility index (Phi) is 5.26. The average molecular weight is 260 g/mol. The van der Waals surface area contributed by atoms with Crippen LogP contribution in [0.2, 0.25) is 5.02 Å². The standard InChI is InChI=1S/C12H14ClNO.ClH/c13-11-5-3-9(4-6-11)12(15)10-2-1-7-14-8-10;/h3-6,10,14H,1-2,7-8H2;1H. The van der Waals surface area contributed by atoms with Gasteiger partial charge in [0.15, 0.2) is 5.78 Å². The fourth-order valence-corrected chi connectivity index (χ4v) is 2.05. The van der Waals surface area contributed by atoms with E-state index in [0.29, 0.717) is 5.02 Å². The van der Waals surface area contributed by atoms with Crippen LogP contribution in [-0.2, 0) is 0 Å². The topological polar surface area (TPSA) is 29.1 Å². The Morgan fingerprint density at radius 1 is 1.31 bits per heavy atom. The van der Waals surface area contributed by atoms with Gasteiger partial charge in [-0.2, -0.15) is 0 Å². The Morgan fingerprint density at radius 2 is 2.00 bits per heavy atom.